The minimum absolute atomic E-state index is 0.837. The van der Waals surface area contributed by atoms with E-state index in [0.717, 1.165) is 11.6 Å². The molecule has 0 saturated heterocycles. The van der Waals surface area contributed by atoms with Crippen molar-refractivity contribution in [3.63, 3.8) is 0 Å². The third-order valence-electron chi connectivity index (χ3n) is 1.41. The summed E-state index contributed by atoms with van der Waals surface area (Å²) in [6.07, 6.45) is 1.73. The van der Waals surface area contributed by atoms with Crippen LogP contribution in [0.5, 0.6) is 5.75 Å². The van der Waals surface area contributed by atoms with Crippen LogP contribution >= 0.6 is 0 Å². The molecule has 0 atom stereocenters. The predicted molar refractivity (Wildman–Crippen MR) is 56.5 cm³/mol. The number of anilines is 1. The molecular weight excluding hydrogens is 164 g/mol. The van der Waals surface area contributed by atoms with Gasteiger partial charge in [-0.2, -0.15) is 0 Å². The normalized spacial score (nSPS) is 8.38. The fraction of sp³-hybridized carbons (Fsp3) is 0.500. The Morgan fingerprint density at radius 2 is 1.92 bits per heavy atom. The lowest BCUT2D eigenvalue weighted by Gasteiger charge is -2.11. The Bertz CT molecular complexity index is 236. The molecule has 0 amide bonds. The van der Waals surface area contributed by atoms with Crippen LogP contribution in [0.1, 0.15) is 13.8 Å². The Hall–Kier alpha value is -1.25. The van der Waals surface area contributed by atoms with Gasteiger partial charge >= 0.3 is 0 Å². The van der Waals surface area contributed by atoms with Crippen molar-refractivity contribution < 1.29 is 4.74 Å². The third-order valence-corrected chi connectivity index (χ3v) is 1.41. The number of rotatable bonds is 2. The van der Waals surface area contributed by atoms with Crippen LogP contribution in [0.4, 0.5) is 5.82 Å². The van der Waals surface area contributed by atoms with Gasteiger partial charge in [0.1, 0.15) is 11.6 Å². The van der Waals surface area contributed by atoms with Crippen LogP contribution in [0.3, 0.4) is 0 Å². The van der Waals surface area contributed by atoms with E-state index in [1.54, 1.807) is 13.3 Å². The van der Waals surface area contributed by atoms with E-state index in [4.69, 9.17) is 4.74 Å². The number of methoxy groups -OCH3 is 1. The van der Waals surface area contributed by atoms with E-state index < -0.39 is 0 Å². The van der Waals surface area contributed by atoms with Crippen LogP contribution < -0.4 is 9.64 Å². The van der Waals surface area contributed by atoms with Gasteiger partial charge in [-0.25, -0.2) is 4.98 Å². The lowest BCUT2D eigenvalue weighted by molar-refractivity contribution is 0.414. The second kappa shape index (κ2) is 6.29. The summed E-state index contributed by atoms with van der Waals surface area (Å²) in [5.41, 5.74) is 0. The number of nitrogens with zero attached hydrogens (tertiary/aromatic N) is 2. The van der Waals surface area contributed by atoms with E-state index in [1.165, 1.54) is 0 Å². The Morgan fingerprint density at radius 1 is 1.31 bits per heavy atom. The average Bonchev–Trinajstić information content (AvgIpc) is 2.21. The second-order valence-electron chi connectivity index (χ2n) is 2.45. The maximum Gasteiger partial charge on any atom is 0.131 e. The number of hydrogen-bond acceptors (Lipinski definition) is 3. The van der Waals surface area contributed by atoms with Crippen LogP contribution in [0, 0.1) is 0 Å². The van der Waals surface area contributed by atoms with Crippen LogP contribution in [-0.4, -0.2) is 26.2 Å². The quantitative estimate of drug-likeness (QED) is 0.701. The van der Waals surface area contributed by atoms with Gasteiger partial charge in [-0.3, -0.25) is 0 Å². The summed E-state index contributed by atoms with van der Waals surface area (Å²) in [6, 6.07) is 3.72. The molecule has 0 aliphatic rings. The van der Waals surface area contributed by atoms with Gasteiger partial charge in [0.15, 0.2) is 0 Å². The van der Waals surface area contributed by atoms with Gasteiger partial charge in [-0.15, -0.1) is 0 Å². The predicted octanol–water partition coefficient (Wildman–Crippen LogP) is 2.18. The summed E-state index contributed by atoms with van der Waals surface area (Å²) >= 11 is 0. The molecule has 13 heavy (non-hydrogen) atoms. The molecule has 0 radical (unpaired) electrons. The zero-order valence-electron chi connectivity index (χ0n) is 9.03. The third kappa shape index (κ3) is 3.78. The molecule has 74 valence electrons. The molecule has 0 bridgehead atoms. The van der Waals surface area contributed by atoms with Crippen molar-refractivity contribution in [3.05, 3.63) is 18.3 Å². The highest BCUT2D eigenvalue weighted by Crippen LogP contribution is 2.14. The van der Waals surface area contributed by atoms with E-state index in [2.05, 4.69) is 4.98 Å². The fourth-order valence-corrected chi connectivity index (χ4v) is 0.771. The zero-order chi connectivity index (χ0) is 10.3. The lowest BCUT2D eigenvalue weighted by atomic mass is 10.4. The molecule has 1 aromatic rings. The SMILES string of the molecule is CC.COc1ccnc(N(C)C)c1. The minimum Gasteiger partial charge on any atom is -0.497 e. The second-order valence-corrected chi connectivity index (χ2v) is 2.45. The maximum atomic E-state index is 5.04. The zero-order valence-corrected chi connectivity index (χ0v) is 9.03. The largest absolute Gasteiger partial charge is 0.497 e. The highest BCUT2D eigenvalue weighted by molar-refractivity contribution is 5.41. The molecule has 0 aliphatic carbocycles. The Kier molecular flexibility index (Phi) is 5.68. The first-order valence-electron chi connectivity index (χ1n) is 4.41. The van der Waals surface area contributed by atoms with Gasteiger partial charge in [-0.1, -0.05) is 13.8 Å². The maximum absolute atomic E-state index is 5.04. The average molecular weight is 182 g/mol. The van der Waals surface area contributed by atoms with Crippen molar-refractivity contribution in [1.29, 1.82) is 0 Å². The van der Waals surface area contributed by atoms with Crippen molar-refractivity contribution in [3.8, 4) is 5.75 Å². The first kappa shape index (κ1) is 11.8. The topological polar surface area (TPSA) is 25.4 Å². The monoisotopic (exact) mass is 182 g/mol. The highest BCUT2D eigenvalue weighted by Gasteiger charge is 1.96. The van der Waals surface area contributed by atoms with Crippen molar-refractivity contribution in [2.75, 3.05) is 26.1 Å². The number of pyridine rings is 1. The molecule has 0 aliphatic heterocycles. The summed E-state index contributed by atoms with van der Waals surface area (Å²) in [4.78, 5) is 6.07. The van der Waals surface area contributed by atoms with Gasteiger partial charge in [-0.05, 0) is 6.07 Å². The van der Waals surface area contributed by atoms with Crippen molar-refractivity contribution in [2.24, 2.45) is 0 Å². The summed E-state index contributed by atoms with van der Waals surface area (Å²) in [5.74, 6) is 1.74. The summed E-state index contributed by atoms with van der Waals surface area (Å²) < 4.78 is 5.04. The molecule has 1 aromatic heterocycles. The van der Waals surface area contributed by atoms with Crippen LogP contribution in [0.2, 0.25) is 0 Å². The molecule has 0 aromatic carbocycles. The molecule has 0 unspecified atom stereocenters. The fourth-order valence-electron chi connectivity index (χ4n) is 0.771. The number of aromatic nitrogens is 1. The highest BCUT2D eigenvalue weighted by atomic mass is 16.5. The molecule has 0 spiro atoms. The lowest BCUT2D eigenvalue weighted by Crippen LogP contribution is -2.10. The first-order chi connectivity index (χ1) is 6.24. The summed E-state index contributed by atoms with van der Waals surface area (Å²) in [6.45, 7) is 4.00. The molecule has 3 heteroatoms. The molecule has 1 heterocycles. The molecular formula is C10H18N2O. The van der Waals surface area contributed by atoms with E-state index >= 15 is 0 Å². The van der Waals surface area contributed by atoms with E-state index in [9.17, 15) is 0 Å². The Morgan fingerprint density at radius 3 is 2.38 bits per heavy atom. The molecule has 0 saturated carbocycles. The van der Waals surface area contributed by atoms with Gasteiger partial charge in [0.25, 0.3) is 0 Å². The van der Waals surface area contributed by atoms with Crippen molar-refractivity contribution >= 4 is 5.82 Å². The first-order valence-corrected chi connectivity index (χ1v) is 4.41. The van der Waals surface area contributed by atoms with E-state index in [0.29, 0.717) is 0 Å². The van der Waals surface area contributed by atoms with E-state index in [1.807, 2.05) is 45.0 Å². The number of ether oxygens (including phenoxy) is 1. The van der Waals surface area contributed by atoms with Crippen molar-refractivity contribution in [2.45, 2.75) is 13.8 Å². The Labute approximate surface area is 80.4 Å². The molecule has 1 rings (SSSR count). The van der Waals surface area contributed by atoms with Gasteiger partial charge in [0.2, 0.25) is 0 Å². The van der Waals surface area contributed by atoms with Gasteiger partial charge < -0.3 is 9.64 Å². The summed E-state index contributed by atoms with van der Waals surface area (Å²) in [7, 11) is 5.54. The minimum atomic E-state index is 0.837. The smallest absolute Gasteiger partial charge is 0.131 e. The number of hydrogen-bond donors (Lipinski definition) is 0. The summed E-state index contributed by atoms with van der Waals surface area (Å²) in [5, 5.41) is 0. The Balaban J connectivity index is 0.000000671. The molecule has 0 N–H and O–H groups in total. The molecule has 3 nitrogen and oxygen atoms in total. The molecule has 0 fully saturated rings. The van der Waals surface area contributed by atoms with Gasteiger partial charge in [0, 0.05) is 26.4 Å². The standard InChI is InChI=1S/C8H12N2O.C2H6/c1-10(2)8-6-7(11-3)4-5-9-8;1-2/h4-6H,1-3H3;1-2H3. The van der Waals surface area contributed by atoms with Gasteiger partial charge in [0.05, 0.1) is 7.11 Å². The van der Waals surface area contributed by atoms with Crippen molar-refractivity contribution in [1.82, 2.24) is 4.98 Å². The van der Waals surface area contributed by atoms with Crippen LogP contribution in [0.15, 0.2) is 18.3 Å². The van der Waals surface area contributed by atoms with E-state index in [-0.39, 0.29) is 0 Å². The van der Waals surface area contributed by atoms with Crippen LogP contribution in [0.25, 0.3) is 0 Å². The van der Waals surface area contributed by atoms with Crippen LogP contribution in [-0.2, 0) is 0 Å².